The second kappa shape index (κ2) is 4.85. The molecular weight excluding hydrogens is 266 g/mol. The van der Waals surface area contributed by atoms with Crippen LogP contribution in [0.3, 0.4) is 0 Å². The summed E-state index contributed by atoms with van der Waals surface area (Å²) < 4.78 is 30.9. The van der Waals surface area contributed by atoms with Gasteiger partial charge < -0.3 is 4.74 Å². The first kappa shape index (κ1) is 12.7. The molecule has 1 saturated heterocycles. The summed E-state index contributed by atoms with van der Waals surface area (Å²) in [6.45, 7) is 3.09. The zero-order valence-corrected chi connectivity index (χ0v) is 10.8. The van der Waals surface area contributed by atoms with Crippen LogP contribution in [0, 0.1) is 6.92 Å². The molecule has 0 N–H and O–H groups in total. The summed E-state index contributed by atoms with van der Waals surface area (Å²) in [5.41, 5.74) is 0. The molecule has 0 saturated carbocycles. The molecule has 17 heavy (non-hydrogen) atoms. The van der Waals surface area contributed by atoms with Gasteiger partial charge in [0.05, 0.1) is 19.4 Å². The Morgan fingerprint density at radius 2 is 2.06 bits per heavy atom. The summed E-state index contributed by atoms with van der Waals surface area (Å²) >= 11 is 5.85. The van der Waals surface area contributed by atoms with Crippen molar-refractivity contribution >= 4 is 21.6 Å². The molecule has 8 heteroatoms. The number of ether oxygens (including phenoxy) is 1. The van der Waals surface area contributed by atoms with E-state index in [9.17, 15) is 8.42 Å². The van der Waals surface area contributed by atoms with Crippen LogP contribution in [0.2, 0.25) is 5.15 Å². The molecule has 94 valence electrons. The normalized spacial score (nSPS) is 18.2. The molecule has 2 heterocycles. The van der Waals surface area contributed by atoms with Crippen LogP contribution < -0.4 is 0 Å². The summed E-state index contributed by atoms with van der Waals surface area (Å²) in [4.78, 5) is 7.67. The minimum Gasteiger partial charge on any atom is -0.379 e. The lowest BCUT2D eigenvalue weighted by Gasteiger charge is -2.26. The van der Waals surface area contributed by atoms with Crippen molar-refractivity contribution in [1.82, 2.24) is 14.3 Å². The third-order valence-electron chi connectivity index (χ3n) is 2.42. The summed E-state index contributed by atoms with van der Waals surface area (Å²) in [5.74, 6) is 0.441. The maximum Gasteiger partial charge on any atom is 0.247 e. The van der Waals surface area contributed by atoms with Gasteiger partial charge in [0, 0.05) is 13.1 Å². The third kappa shape index (κ3) is 2.57. The fourth-order valence-corrected chi connectivity index (χ4v) is 3.35. The zero-order valence-electron chi connectivity index (χ0n) is 9.26. The highest BCUT2D eigenvalue weighted by Crippen LogP contribution is 2.22. The maximum absolute atomic E-state index is 12.2. The molecule has 0 atom stereocenters. The number of rotatable bonds is 2. The highest BCUT2D eigenvalue weighted by atomic mass is 35.5. The van der Waals surface area contributed by atoms with E-state index in [-0.39, 0.29) is 10.0 Å². The van der Waals surface area contributed by atoms with Gasteiger partial charge in [0.1, 0.15) is 10.7 Å². The van der Waals surface area contributed by atoms with E-state index >= 15 is 0 Å². The monoisotopic (exact) mass is 277 g/mol. The van der Waals surface area contributed by atoms with E-state index in [4.69, 9.17) is 16.3 Å². The Hall–Kier alpha value is -0.760. The Labute approximate surface area is 105 Å². The number of nitrogens with zero attached hydrogens (tertiary/aromatic N) is 3. The average Bonchev–Trinajstić information content (AvgIpc) is 2.29. The van der Waals surface area contributed by atoms with Crippen LogP contribution in [0.5, 0.6) is 0 Å². The van der Waals surface area contributed by atoms with Crippen molar-refractivity contribution in [1.29, 1.82) is 0 Å². The highest BCUT2D eigenvalue weighted by molar-refractivity contribution is 7.89. The average molecular weight is 278 g/mol. The van der Waals surface area contributed by atoms with Crippen LogP contribution in [0.25, 0.3) is 0 Å². The van der Waals surface area contributed by atoms with E-state index in [0.29, 0.717) is 32.1 Å². The molecule has 0 unspecified atom stereocenters. The fourth-order valence-electron chi connectivity index (χ4n) is 1.53. The van der Waals surface area contributed by atoms with Gasteiger partial charge >= 0.3 is 0 Å². The van der Waals surface area contributed by atoms with Gasteiger partial charge in [0.25, 0.3) is 0 Å². The predicted molar refractivity (Wildman–Crippen MR) is 61.4 cm³/mol. The highest BCUT2D eigenvalue weighted by Gasteiger charge is 2.29. The number of hydrogen-bond acceptors (Lipinski definition) is 5. The van der Waals surface area contributed by atoms with Gasteiger partial charge in [-0.05, 0) is 6.92 Å². The molecule has 0 amide bonds. The number of aryl methyl sites for hydroxylation is 1. The van der Waals surface area contributed by atoms with Crippen molar-refractivity contribution in [2.75, 3.05) is 26.3 Å². The van der Waals surface area contributed by atoms with Crippen molar-refractivity contribution < 1.29 is 13.2 Å². The summed E-state index contributed by atoms with van der Waals surface area (Å²) in [6.07, 6.45) is 1.25. The molecule has 1 fully saturated rings. The SMILES string of the molecule is Cc1ncc(S(=O)(=O)N2CCOCC2)c(Cl)n1. The van der Waals surface area contributed by atoms with Gasteiger partial charge in [0.2, 0.25) is 10.0 Å². The second-order valence-corrected chi connectivity index (χ2v) is 5.85. The second-order valence-electron chi connectivity index (χ2n) is 3.59. The van der Waals surface area contributed by atoms with Crippen LogP contribution in [0.4, 0.5) is 0 Å². The van der Waals surface area contributed by atoms with Crippen molar-refractivity contribution in [3.8, 4) is 0 Å². The molecule has 1 aromatic rings. The smallest absolute Gasteiger partial charge is 0.247 e. The van der Waals surface area contributed by atoms with Crippen LogP contribution in [0.1, 0.15) is 5.82 Å². The number of morpholine rings is 1. The van der Waals surface area contributed by atoms with Gasteiger partial charge in [-0.2, -0.15) is 4.31 Å². The minimum absolute atomic E-state index is 0.0380. The Bertz CT molecular complexity index is 514. The summed E-state index contributed by atoms with van der Waals surface area (Å²) in [7, 11) is -3.61. The topological polar surface area (TPSA) is 72.4 Å². The van der Waals surface area contributed by atoms with Crippen molar-refractivity contribution in [2.45, 2.75) is 11.8 Å². The Kier molecular flexibility index (Phi) is 3.62. The Morgan fingerprint density at radius 3 is 2.65 bits per heavy atom. The quantitative estimate of drug-likeness (QED) is 0.735. The lowest BCUT2D eigenvalue weighted by Crippen LogP contribution is -2.40. The zero-order chi connectivity index (χ0) is 12.5. The van der Waals surface area contributed by atoms with Crippen LogP contribution in [0.15, 0.2) is 11.1 Å². The minimum atomic E-state index is -3.61. The van der Waals surface area contributed by atoms with E-state index in [0.717, 1.165) is 0 Å². The van der Waals surface area contributed by atoms with E-state index in [2.05, 4.69) is 9.97 Å². The number of sulfonamides is 1. The van der Waals surface area contributed by atoms with E-state index in [1.165, 1.54) is 10.5 Å². The third-order valence-corrected chi connectivity index (χ3v) is 4.72. The van der Waals surface area contributed by atoms with Crippen LogP contribution in [-0.4, -0.2) is 49.0 Å². The Morgan fingerprint density at radius 1 is 1.41 bits per heavy atom. The van der Waals surface area contributed by atoms with Gasteiger partial charge in [-0.25, -0.2) is 18.4 Å². The molecule has 0 aliphatic carbocycles. The van der Waals surface area contributed by atoms with E-state index in [1.807, 2.05) is 0 Å². The van der Waals surface area contributed by atoms with Crippen molar-refractivity contribution in [3.63, 3.8) is 0 Å². The standard InChI is InChI=1S/C9H12ClN3O3S/c1-7-11-6-8(9(10)12-7)17(14,15)13-2-4-16-5-3-13/h6H,2-5H2,1H3. The fraction of sp³-hybridized carbons (Fsp3) is 0.556. The first-order chi connectivity index (χ1) is 8.01. The molecule has 1 aromatic heterocycles. The van der Waals surface area contributed by atoms with E-state index < -0.39 is 10.0 Å². The molecule has 0 spiro atoms. The molecule has 0 bridgehead atoms. The van der Waals surface area contributed by atoms with Crippen molar-refractivity contribution in [2.24, 2.45) is 0 Å². The predicted octanol–water partition coefficient (Wildman–Crippen LogP) is 0.459. The van der Waals surface area contributed by atoms with Crippen LogP contribution >= 0.6 is 11.6 Å². The largest absolute Gasteiger partial charge is 0.379 e. The van der Waals surface area contributed by atoms with Gasteiger partial charge in [0.15, 0.2) is 5.15 Å². The molecule has 1 aliphatic rings. The maximum atomic E-state index is 12.2. The summed E-state index contributed by atoms with van der Waals surface area (Å²) in [5, 5.41) is -0.0380. The summed E-state index contributed by atoms with van der Waals surface area (Å²) in [6, 6.07) is 0. The van der Waals surface area contributed by atoms with Crippen LogP contribution in [-0.2, 0) is 14.8 Å². The lowest BCUT2D eigenvalue weighted by molar-refractivity contribution is 0.0730. The number of hydrogen-bond donors (Lipinski definition) is 0. The number of aromatic nitrogens is 2. The van der Waals surface area contributed by atoms with Gasteiger partial charge in [-0.15, -0.1) is 0 Å². The van der Waals surface area contributed by atoms with Gasteiger partial charge in [-0.1, -0.05) is 11.6 Å². The lowest BCUT2D eigenvalue weighted by atomic mass is 10.5. The molecule has 0 aromatic carbocycles. The van der Waals surface area contributed by atoms with E-state index in [1.54, 1.807) is 6.92 Å². The molecule has 2 rings (SSSR count). The van der Waals surface area contributed by atoms with Crippen molar-refractivity contribution in [3.05, 3.63) is 17.2 Å². The number of halogens is 1. The first-order valence-electron chi connectivity index (χ1n) is 5.09. The molecule has 0 radical (unpaired) electrons. The Balaban J connectivity index is 2.37. The molecule has 6 nitrogen and oxygen atoms in total. The molecular formula is C9H12ClN3O3S. The molecule has 1 aliphatic heterocycles. The van der Waals surface area contributed by atoms with Gasteiger partial charge in [-0.3, -0.25) is 0 Å². The first-order valence-corrected chi connectivity index (χ1v) is 6.90.